The van der Waals surface area contributed by atoms with E-state index in [1.165, 1.54) is 21.9 Å². The van der Waals surface area contributed by atoms with Gasteiger partial charge in [-0.05, 0) is 86.3 Å². The summed E-state index contributed by atoms with van der Waals surface area (Å²) in [7, 11) is -1.34. The van der Waals surface area contributed by atoms with E-state index in [4.69, 9.17) is 14.4 Å². The molecule has 1 radical (unpaired) electrons. The molecule has 0 saturated heterocycles. The van der Waals surface area contributed by atoms with Crippen LogP contribution in [0.15, 0.2) is 108 Å². The third-order valence-electron chi connectivity index (χ3n) is 9.78. The summed E-state index contributed by atoms with van der Waals surface area (Å²) in [4.78, 5) is 14.6. The van der Waals surface area contributed by atoms with E-state index in [9.17, 15) is 0 Å². The van der Waals surface area contributed by atoms with Crippen molar-refractivity contribution < 1.29 is 24.5 Å². The fourth-order valence-corrected chi connectivity index (χ4v) is 8.96. The molecule has 0 aliphatic heterocycles. The molecule has 5 nitrogen and oxygen atoms in total. The number of hydrogen-bond donors (Lipinski definition) is 0. The third kappa shape index (κ3) is 7.77. The summed E-state index contributed by atoms with van der Waals surface area (Å²) in [6.07, 6.45) is 3.24. The monoisotopic (exact) mass is 905 g/mol. The molecule has 7 heteroatoms. The van der Waals surface area contributed by atoms with Crippen LogP contribution < -0.4 is 5.19 Å². The van der Waals surface area contributed by atoms with Crippen LogP contribution in [0.1, 0.15) is 50.4 Å². The van der Waals surface area contributed by atoms with Crippen molar-refractivity contribution >= 4 is 46.4 Å². The molecule has 0 bridgehead atoms. The Hall–Kier alpha value is -4.68. The predicted molar refractivity (Wildman–Crippen MR) is 224 cm³/mol. The van der Waals surface area contributed by atoms with Gasteiger partial charge in [0.2, 0.25) is 5.71 Å². The van der Waals surface area contributed by atoms with Gasteiger partial charge in [0, 0.05) is 43.3 Å². The fourth-order valence-electron chi connectivity index (χ4n) is 7.37. The van der Waals surface area contributed by atoms with Gasteiger partial charge in [-0.2, -0.15) is 0 Å². The normalized spacial score (nSPS) is 11.7. The zero-order valence-corrected chi connectivity index (χ0v) is 36.1. The van der Waals surface area contributed by atoms with E-state index in [1.54, 1.807) is 0 Å². The molecule has 0 atom stereocenters. The van der Waals surface area contributed by atoms with Crippen molar-refractivity contribution in [1.82, 2.24) is 19.5 Å². The summed E-state index contributed by atoms with van der Waals surface area (Å²) in [6.45, 7) is 20.3. The number of hydrogen-bond acceptors (Lipinski definition) is 4. The Balaban J connectivity index is 0.000000205. The number of nitrogens with zero attached hydrogens (tertiary/aromatic N) is 4. The zero-order valence-electron chi connectivity index (χ0n) is 32.7. The predicted octanol–water partition coefficient (Wildman–Crippen LogP) is 12.0. The molecule has 4 aromatic carbocycles. The first-order valence-corrected chi connectivity index (χ1v) is 22.1. The van der Waals surface area contributed by atoms with Crippen LogP contribution in [0.5, 0.6) is 0 Å². The van der Waals surface area contributed by atoms with Crippen LogP contribution in [-0.2, 0) is 26.5 Å². The Morgan fingerprint density at radius 3 is 2.19 bits per heavy atom. The number of aromatic nitrogens is 4. The van der Waals surface area contributed by atoms with Crippen molar-refractivity contribution in [3.8, 4) is 33.9 Å². The van der Waals surface area contributed by atoms with Crippen molar-refractivity contribution in [2.24, 2.45) is 5.92 Å². The Bertz CT molecular complexity index is 2540. The Morgan fingerprint density at radius 2 is 1.50 bits per heavy atom. The van der Waals surface area contributed by atoms with Gasteiger partial charge in [0.05, 0.1) is 36.2 Å². The minimum Gasteiger partial charge on any atom is -0.486 e. The molecular formula is C47H48IrN4OSi-2. The Kier molecular flexibility index (Phi) is 11.5. The molecule has 54 heavy (non-hydrogen) atoms. The number of furan rings is 1. The van der Waals surface area contributed by atoms with Crippen LogP contribution in [0.2, 0.25) is 19.6 Å². The van der Waals surface area contributed by atoms with Gasteiger partial charge in [0.25, 0.3) is 0 Å². The van der Waals surface area contributed by atoms with Gasteiger partial charge >= 0.3 is 0 Å². The standard InChI is InChI=1S/C29H24N3O.C18H24NSi.Ir/c1-17(2)32-25-14-6-5-13-23(25)30-28(32)22-12-8-11-20-21-15-16-24(31-29(21)33-27(20)22)26-18(3)9-7-10-19(26)4;1-14(2)11-16-12-17(15-9-7-6-8-10-15)19-13-18(16)20(3,4)5;/h5-11,13-17H,1-4H3;6-9,12-14H,11H2,1-5H3;/q2*-1;. The van der Waals surface area contributed by atoms with Gasteiger partial charge < -0.3 is 14.0 Å². The molecule has 0 saturated carbocycles. The van der Waals surface area contributed by atoms with Gasteiger partial charge in [-0.25, -0.2) is 4.98 Å². The summed E-state index contributed by atoms with van der Waals surface area (Å²) < 4.78 is 8.67. The Labute approximate surface area is 334 Å². The van der Waals surface area contributed by atoms with Crippen molar-refractivity contribution in [3.05, 3.63) is 132 Å². The quantitative estimate of drug-likeness (QED) is 0.118. The molecule has 0 aliphatic rings. The summed E-state index contributed by atoms with van der Waals surface area (Å²) in [5, 5.41) is 3.52. The summed E-state index contributed by atoms with van der Waals surface area (Å²) in [6, 6.07) is 40.0. The molecule has 277 valence electrons. The zero-order chi connectivity index (χ0) is 37.4. The van der Waals surface area contributed by atoms with Crippen molar-refractivity contribution in [1.29, 1.82) is 0 Å². The van der Waals surface area contributed by atoms with Crippen molar-refractivity contribution in [2.75, 3.05) is 0 Å². The average Bonchev–Trinajstić information content (AvgIpc) is 3.70. The van der Waals surface area contributed by atoms with Gasteiger partial charge in [0.15, 0.2) is 0 Å². The second kappa shape index (κ2) is 16.0. The summed E-state index contributed by atoms with van der Waals surface area (Å²) >= 11 is 0. The molecule has 0 fully saturated rings. The number of fused-ring (bicyclic) bond motifs is 4. The minimum atomic E-state index is -1.34. The van der Waals surface area contributed by atoms with E-state index in [-0.39, 0.29) is 26.1 Å². The van der Waals surface area contributed by atoms with Gasteiger partial charge in [-0.1, -0.05) is 86.4 Å². The largest absolute Gasteiger partial charge is 0.486 e. The van der Waals surface area contributed by atoms with E-state index in [0.717, 1.165) is 67.7 Å². The second-order valence-corrected chi connectivity index (χ2v) is 20.8. The Morgan fingerprint density at radius 1 is 0.759 bits per heavy atom. The average molecular weight is 905 g/mol. The van der Waals surface area contributed by atoms with Crippen LogP contribution in [0, 0.1) is 31.9 Å². The molecule has 8 aromatic rings. The smallest absolute Gasteiger partial charge is 0.216 e. The maximum absolute atomic E-state index is 6.41. The van der Waals surface area contributed by atoms with Crippen molar-refractivity contribution in [2.45, 2.75) is 73.6 Å². The van der Waals surface area contributed by atoms with Gasteiger partial charge in [0.1, 0.15) is 0 Å². The van der Waals surface area contributed by atoms with E-state index in [2.05, 4.69) is 150 Å². The van der Waals surface area contributed by atoms with Gasteiger partial charge in [-0.15, -0.1) is 54.1 Å². The molecule has 0 unspecified atom stereocenters. The van der Waals surface area contributed by atoms with Crippen LogP contribution >= 0.6 is 0 Å². The summed E-state index contributed by atoms with van der Waals surface area (Å²) in [5.74, 6) is 1.53. The molecule has 0 N–H and O–H groups in total. The van der Waals surface area contributed by atoms with E-state index >= 15 is 0 Å². The van der Waals surface area contributed by atoms with Crippen LogP contribution in [-0.4, -0.2) is 27.6 Å². The third-order valence-corrected chi connectivity index (χ3v) is 11.8. The van der Waals surface area contributed by atoms with E-state index in [1.807, 2.05) is 36.4 Å². The van der Waals surface area contributed by atoms with E-state index in [0.29, 0.717) is 11.6 Å². The maximum atomic E-state index is 6.41. The van der Waals surface area contributed by atoms with E-state index < -0.39 is 8.07 Å². The number of benzene rings is 4. The number of rotatable bonds is 7. The van der Waals surface area contributed by atoms with Crippen LogP contribution in [0.25, 0.3) is 67.0 Å². The molecule has 8 rings (SSSR count). The first kappa shape index (κ1) is 39.0. The number of imidazole rings is 1. The molecule has 4 aromatic heterocycles. The SMILES string of the molecule is CC(C)Cc1cc(-c2[c-]cccc2)ncc1[Si](C)(C)C.Cc1cccc(C)c1-c1ccc2c(n1)oc1c(-c3nc4ccccc4n3C(C)C)[c-]ccc12.[Ir]. The molecule has 0 spiro atoms. The number of para-hydroxylation sites is 2. The second-order valence-electron chi connectivity index (χ2n) is 15.8. The minimum absolute atomic E-state index is 0. The van der Waals surface area contributed by atoms with Crippen molar-refractivity contribution in [3.63, 3.8) is 0 Å². The molecule has 0 aliphatic carbocycles. The van der Waals surface area contributed by atoms with Crippen LogP contribution in [0.4, 0.5) is 0 Å². The van der Waals surface area contributed by atoms with Gasteiger partial charge in [-0.3, -0.25) is 4.98 Å². The molecule has 0 amide bonds. The maximum Gasteiger partial charge on any atom is 0.216 e. The first-order chi connectivity index (χ1) is 25.4. The first-order valence-electron chi connectivity index (χ1n) is 18.6. The van der Waals surface area contributed by atoms with Crippen LogP contribution in [0.3, 0.4) is 0 Å². The molecular weight excluding hydrogens is 857 g/mol. The molecule has 4 heterocycles. The summed E-state index contributed by atoms with van der Waals surface area (Å²) in [5.41, 5.74) is 12.5. The number of pyridine rings is 2. The fraction of sp³-hybridized carbons (Fsp3) is 0.255. The topological polar surface area (TPSA) is 56.7 Å². The number of aryl methyl sites for hydroxylation is 2.